The summed E-state index contributed by atoms with van der Waals surface area (Å²) in [5.74, 6) is -0.905. The van der Waals surface area contributed by atoms with Crippen molar-refractivity contribution in [3.8, 4) is 6.07 Å². The van der Waals surface area contributed by atoms with Crippen LogP contribution in [0.25, 0.3) is 0 Å². The molecule has 16 heavy (non-hydrogen) atoms. The Morgan fingerprint density at radius 2 is 2.19 bits per heavy atom. The molecule has 0 unspecified atom stereocenters. The van der Waals surface area contributed by atoms with Crippen LogP contribution in [0.5, 0.6) is 0 Å². The molecule has 1 aliphatic rings. The van der Waals surface area contributed by atoms with Gasteiger partial charge in [0.05, 0.1) is 6.07 Å². The molecule has 0 saturated heterocycles. The first-order valence-electron chi connectivity index (χ1n) is 4.84. The maximum atomic E-state index is 13.0. The number of carbonyl (C=O) groups excluding carboxylic acids is 1. The second-order valence-electron chi connectivity index (χ2n) is 3.92. The average molecular weight is 219 g/mol. The predicted molar refractivity (Wildman–Crippen MR) is 56.7 cm³/mol. The lowest BCUT2D eigenvalue weighted by molar-refractivity contribution is -0.119. The molecule has 0 aliphatic heterocycles. The molecular weight excluding hydrogens is 209 g/mol. The summed E-state index contributed by atoms with van der Waals surface area (Å²) in [4.78, 5) is 11.7. The molecule has 0 heterocycles. The van der Waals surface area contributed by atoms with Gasteiger partial charge in [-0.15, -0.1) is 0 Å². The van der Waals surface area contributed by atoms with Crippen molar-refractivity contribution in [2.75, 3.05) is 11.1 Å². The van der Waals surface area contributed by atoms with Gasteiger partial charge in [0.1, 0.15) is 11.2 Å². The van der Waals surface area contributed by atoms with Crippen molar-refractivity contribution in [3.05, 3.63) is 24.0 Å². The third-order valence-electron chi connectivity index (χ3n) is 2.58. The largest absolute Gasteiger partial charge is 0.399 e. The summed E-state index contributed by atoms with van der Waals surface area (Å²) in [6.07, 6.45) is 1.11. The van der Waals surface area contributed by atoms with Crippen LogP contribution in [-0.2, 0) is 4.79 Å². The highest BCUT2D eigenvalue weighted by Crippen LogP contribution is 2.45. The van der Waals surface area contributed by atoms with Crippen molar-refractivity contribution in [1.82, 2.24) is 0 Å². The van der Waals surface area contributed by atoms with Crippen LogP contribution in [-0.4, -0.2) is 5.91 Å². The molecule has 1 aliphatic carbocycles. The van der Waals surface area contributed by atoms with Gasteiger partial charge in [-0.05, 0) is 31.0 Å². The number of hydrogen-bond acceptors (Lipinski definition) is 3. The first kappa shape index (κ1) is 10.4. The number of benzene rings is 1. The van der Waals surface area contributed by atoms with E-state index in [1.807, 2.05) is 6.07 Å². The fourth-order valence-corrected chi connectivity index (χ4v) is 1.45. The van der Waals surface area contributed by atoms with Crippen molar-refractivity contribution < 1.29 is 9.18 Å². The molecule has 1 aromatic carbocycles. The van der Waals surface area contributed by atoms with Crippen molar-refractivity contribution in [2.24, 2.45) is 5.41 Å². The van der Waals surface area contributed by atoms with Gasteiger partial charge in [0.15, 0.2) is 0 Å². The van der Waals surface area contributed by atoms with Crippen LogP contribution in [0.1, 0.15) is 12.8 Å². The Hall–Kier alpha value is -2.09. The minimum absolute atomic E-state index is 0.233. The van der Waals surface area contributed by atoms with E-state index in [0.29, 0.717) is 12.8 Å². The van der Waals surface area contributed by atoms with Crippen LogP contribution in [0.15, 0.2) is 18.2 Å². The van der Waals surface area contributed by atoms with Gasteiger partial charge >= 0.3 is 0 Å². The van der Waals surface area contributed by atoms with Crippen molar-refractivity contribution in [1.29, 1.82) is 5.26 Å². The number of nitrogen functional groups attached to an aromatic ring is 1. The molecule has 1 aromatic rings. The van der Waals surface area contributed by atoms with Gasteiger partial charge < -0.3 is 11.1 Å². The fraction of sp³-hybridized carbons (Fsp3) is 0.273. The molecular formula is C11H10FN3O. The standard InChI is InChI=1S/C11H10FN3O/c12-7-3-8(14)5-9(4-7)15-10(16)11(6-13)1-2-11/h3-5H,1-2,14H2,(H,15,16). The molecule has 0 spiro atoms. The third-order valence-corrected chi connectivity index (χ3v) is 2.58. The number of nitriles is 1. The van der Waals surface area contributed by atoms with Crippen LogP contribution in [0.3, 0.4) is 0 Å². The maximum absolute atomic E-state index is 13.0. The molecule has 1 fully saturated rings. The molecule has 1 saturated carbocycles. The van der Waals surface area contributed by atoms with Gasteiger partial charge in [0.25, 0.3) is 0 Å². The van der Waals surface area contributed by atoms with E-state index in [1.165, 1.54) is 12.1 Å². The van der Waals surface area contributed by atoms with E-state index in [9.17, 15) is 9.18 Å². The molecule has 0 aromatic heterocycles. The van der Waals surface area contributed by atoms with E-state index in [0.717, 1.165) is 6.07 Å². The van der Waals surface area contributed by atoms with Crippen LogP contribution >= 0.6 is 0 Å². The summed E-state index contributed by atoms with van der Waals surface area (Å²) < 4.78 is 13.0. The number of rotatable bonds is 2. The van der Waals surface area contributed by atoms with E-state index in [4.69, 9.17) is 11.0 Å². The van der Waals surface area contributed by atoms with E-state index in [1.54, 1.807) is 0 Å². The van der Waals surface area contributed by atoms with Crippen molar-refractivity contribution in [3.63, 3.8) is 0 Å². The second-order valence-corrected chi connectivity index (χ2v) is 3.92. The van der Waals surface area contributed by atoms with Crippen LogP contribution in [0.4, 0.5) is 15.8 Å². The topological polar surface area (TPSA) is 78.9 Å². The first-order chi connectivity index (χ1) is 7.55. The monoisotopic (exact) mass is 219 g/mol. The Bertz CT molecular complexity index is 468. The number of nitrogens with zero attached hydrogens (tertiary/aromatic N) is 1. The molecule has 0 atom stereocenters. The Labute approximate surface area is 91.9 Å². The van der Waals surface area contributed by atoms with E-state index in [-0.39, 0.29) is 17.3 Å². The van der Waals surface area contributed by atoms with E-state index in [2.05, 4.69) is 5.32 Å². The summed E-state index contributed by atoms with van der Waals surface area (Å²) in [5.41, 5.74) is 5.04. The van der Waals surface area contributed by atoms with E-state index >= 15 is 0 Å². The number of nitrogens with two attached hydrogens (primary N) is 1. The van der Waals surface area contributed by atoms with Crippen LogP contribution < -0.4 is 11.1 Å². The molecule has 0 radical (unpaired) electrons. The van der Waals surface area contributed by atoms with Crippen molar-refractivity contribution in [2.45, 2.75) is 12.8 Å². The number of nitrogens with one attached hydrogen (secondary N) is 1. The lowest BCUT2D eigenvalue weighted by Crippen LogP contribution is -2.22. The highest BCUT2D eigenvalue weighted by Gasteiger charge is 2.50. The minimum atomic E-state index is -0.916. The van der Waals surface area contributed by atoms with Crippen LogP contribution in [0, 0.1) is 22.6 Å². The number of carbonyl (C=O) groups is 1. The molecule has 2 rings (SSSR count). The molecule has 82 valence electrons. The third kappa shape index (κ3) is 1.82. The quantitative estimate of drug-likeness (QED) is 0.742. The average Bonchev–Trinajstić information content (AvgIpc) is 2.96. The van der Waals surface area contributed by atoms with Gasteiger partial charge in [-0.1, -0.05) is 0 Å². The lowest BCUT2D eigenvalue weighted by Gasteiger charge is -2.08. The first-order valence-corrected chi connectivity index (χ1v) is 4.84. The van der Waals surface area contributed by atoms with Crippen molar-refractivity contribution >= 4 is 17.3 Å². The molecule has 3 N–H and O–H groups in total. The van der Waals surface area contributed by atoms with E-state index < -0.39 is 11.2 Å². The Morgan fingerprint density at radius 3 is 2.69 bits per heavy atom. The minimum Gasteiger partial charge on any atom is -0.399 e. The maximum Gasteiger partial charge on any atom is 0.244 e. The highest BCUT2D eigenvalue weighted by molar-refractivity contribution is 5.99. The highest BCUT2D eigenvalue weighted by atomic mass is 19.1. The number of hydrogen-bond donors (Lipinski definition) is 2. The molecule has 0 bridgehead atoms. The summed E-state index contributed by atoms with van der Waals surface area (Å²) in [5, 5.41) is 11.3. The summed E-state index contributed by atoms with van der Waals surface area (Å²) in [6, 6.07) is 5.75. The van der Waals surface area contributed by atoms with Gasteiger partial charge in [0.2, 0.25) is 5.91 Å². The normalized spacial score (nSPS) is 16.2. The van der Waals surface area contributed by atoms with Crippen LogP contribution in [0.2, 0.25) is 0 Å². The second kappa shape index (κ2) is 3.49. The summed E-state index contributed by atoms with van der Waals surface area (Å²) >= 11 is 0. The van der Waals surface area contributed by atoms with Gasteiger partial charge in [-0.3, -0.25) is 4.79 Å². The Kier molecular flexibility index (Phi) is 2.27. The van der Waals surface area contributed by atoms with Gasteiger partial charge in [0, 0.05) is 11.4 Å². The van der Waals surface area contributed by atoms with Gasteiger partial charge in [-0.25, -0.2) is 4.39 Å². The molecule has 4 nitrogen and oxygen atoms in total. The zero-order valence-electron chi connectivity index (χ0n) is 8.46. The summed E-state index contributed by atoms with van der Waals surface area (Å²) in [6.45, 7) is 0. The number of anilines is 2. The Balaban J connectivity index is 2.16. The Morgan fingerprint density at radius 1 is 1.50 bits per heavy atom. The smallest absolute Gasteiger partial charge is 0.244 e. The SMILES string of the molecule is N#CC1(C(=O)Nc2cc(N)cc(F)c2)CC1. The van der Waals surface area contributed by atoms with Gasteiger partial charge in [-0.2, -0.15) is 5.26 Å². The molecule has 5 heteroatoms. The number of amides is 1. The zero-order chi connectivity index (χ0) is 11.8. The lowest BCUT2D eigenvalue weighted by atomic mass is 10.1. The number of halogens is 1. The fourth-order valence-electron chi connectivity index (χ4n) is 1.45. The summed E-state index contributed by atoms with van der Waals surface area (Å²) in [7, 11) is 0. The predicted octanol–water partition coefficient (Wildman–Crippen LogP) is 1.65. The zero-order valence-corrected chi connectivity index (χ0v) is 8.46. The molecule has 1 amide bonds.